The van der Waals surface area contributed by atoms with Gasteiger partial charge in [0.25, 0.3) is 0 Å². The first-order chi connectivity index (χ1) is 5.88. The lowest BCUT2D eigenvalue weighted by molar-refractivity contribution is 0.247. The van der Waals surface area contributed by atoms with Crippen LogP contribution in [0.25, 0.3) is 0 Å². The molecule has 68 valence electrons. The first kappa shape index (κ1) is 9.71. The van der Waals surface area contributed by atoms with Crippen molar-refractivity contribution >= 4 is 11.3 Å². The van der Waals surface area contributed by atoms with Gasteiger partial charge in [-0.25, -0.2) is 0 Å². The number of thiophene rings is 1. The van der Waals surface area contributed by atoms with E-state index in [1.807, 2.05) is 17.5 Å². The Hall–Kier alpha value is -0.380. The Kier molecular flexibility index (Phi) is 4.29. The molecule has 1 aromatic rings. The van der Waals surface area contributed by atoms with Gasteiger partial charge >= 0.3 is 0 Å². The second kappa shape index (κ2) is 5.30. The lowest BCUT2D eigenvalue weighted by Gasteiger charge is -2.13. The Morgan fingerprint density at radius 2 is 2.50 bits per heavy atom. The van der Waals surface area contributed by atoms with Gasteiger partial charge in [-0.1, -0.05) is 13.0 Å². The van der Waals surface area contributed by atoms with Crippen LogP contribution in [0.5, 0.6) is 0 Å². The third-order valence-electron chi connectivity index (χ3n) is 1.71. The van der Waals surface area contributed by atoms with Gasteiger partial charge in [-0.3, -0.25) is 0 Å². The van der Waals surface area contributed by atoms with Crippen LogP contribution >= 0.6 is 11.3 Å². The minimum absolute atomic E-state index is 0.130. The summed E-state index contributed by atoms with van der Waals surface area (Å²) in [5, 5.41) is 14.4. The summed E-state index contributed by atoms with van der Waals surface area (Å²) in [7, 11) is 0. The van der Waals surface area contributed by atoms with Gasteiger partial charge < -0.3 is 10.4 Å². The molecule has 1 heterocycles. The molecular formula is C9H15NOS. The molecule has 1 atom stereocenters. The Morgan fingerprint density at radius 1 is 1.67 bits per heavy atom. The predicted octanol–water partition coefficient (Wildman–Crippen LogP) is 1.78. The second-order valence-corrected chi connectivity index (χ2v) is 3.68. The molecule has 2 N–H and O–H groups in total. The van der Waals surface area contributed by atoms with E-state index in [0.717, 1.165) is 13.0 Å². The molecule has 2 nitrogen and oxygen atoms in total. The SMILES string of the molecule is CCCNC(CO)c1cccs1. The zero-order valence-corrected chi connectivity index (χ0v) is 8.10. The third-order valence-corrected chi connectivity index (χ3v) is 2.70. The fourth-order valence-corrected chi connectivity index (χ4v) is 1.86. The van der Waals surface area contributed by atoms with Crippen LogP contribution in [0.1, 0.15) is 24.3 Å². The normalized spacial score (nSPS) is 13.2. The Labute approximate surface area is 77.2 Å². The lowest BCUT2D eigenvalue weighted by atomic mass is 10.2. The first-order valence-electron chi connectivity index (χ1n) is 4.26. The number of aliphatic hydroxyl groups is 1. The molecule has 0 amide bonds. The largest absolute Gasteiger partial charge is 0.394 e. The lowest BCUT2D eigenvalue weighted by Crippen LogP contribution is -2.24. The monoisotopic (exact) mass is 185 g/mol. The summed E-state index contributed by atoms with van der Waals surface area (Å²) in [6.07, 6.45) is 1.10. The molecule has 0 saturated carbocycles. The van der Waals surface area contributed by atoms with E-state index in [-0.39, 0.29) is 12.6 Å². The highest BCUT2D eigenvalue weighted by atomic mass is 32.1. The van der Waals surface area contributed by atoms with Gasteiger partial charge in [0.05, 0.1) is 12.6 Å². The molecule has 0 saturated heterocycles. The molecule has 1 unspecified atom stereocenters. The van der Waals surface area contributed by atoms with E-state index in [4.69, 9.17) is 5.11 Å². The van der Waals surface area contributed by atoms with Crippen LogP contribution in [-0.4, -0.2) is 18.3 Å². The van der Waals surface area contributed by atoms with Gasteiger partial charge in [0.2, 0.25) is 0 Å². The second-order valence-electron chi connectivity index (χ2n) is 2.70. The standard InChI is InChI=1S/C9H15NOS/c1-2-5-10-8(7-11)9-4-3-6-12-9/h3-4,6,8,10-11H,2,5,7H2,1H3. The van der Waals surface area contributed by atoms with Gasteiger partial charge in [-0.15, -0.1) is 11.3 Å². The molecule has 0 radical (unpaired) electrons. The van der Waals surface area contributed by atoms with Crippen LogP contribution in [0.4, 0.5) is 0 Å². The predicted molar refractivity (Wildman–Crippen MR) is 52.4 cm³/mol. The van der Waals surface area contributed by atoms with Crippen LogP contribution < -0.4 is 5.32 Å². The highest BCUT2D eigenvalue weighted by molar-refractivity contribution is 7.10. The number of hydrogen-bond acceptors (Lipinski definition) is 3. The van der Waals surface area contributed by atoms with Gasteiger partial charge in [-0.05, 0) is 24.4 Å². The number of rotatable bonds is 5. The number of aliphatic hydroxyl groups excluding tert-OH is 1. The Bertz CT molecular complexity index is 198. The minimum atomic E-state index is 0.130. The molecule has 0 fully saturated rings. The fourth-order valence-electron chi connectivity index (χ4n) is 1.06. The summed E-state index contributed by atoms with van der Waals surface area (Å²) in [5.41, 5.74) is 0. The molecule has 0 aliphatic carbocycles. The van der Waals surface area contributed by atoms with Crippen molar-refractivity contribution in [2.24, 2.45) is 0 Å². The van der Waals surface area contributed by atoms with Crippen molar-refractivity contribution in [3.63, 3.8) is 0 Å². The Balaban J connectivity index is 2.45. The van der Waals surface area contributed by atoms with Crippen LogP contribution in [0, 0.1) is 0 Å². The van der Waals surface area contributed by atoms with Crippen molar-refractivity contribution < 1.29 is 5.11 Å². The molecule has 1 aromatic heterocycles. The van der Waals surface area contributed by atoms with Crippen LogP contribution in [0.2, 0.25) is 0 Å². The molecule has 0 aliphatic rings. The van der Waals surface area contributed by atoms with Crippen LogP contribution in [0.15, 0.2) is 17.5 Å². The van der Waals surface area contributed by atoms with Crippen molar-refractivity contribution in [1.82, 2.24) is 5.32 Å². The van der Waals surface area contributed by atoms with E-state index in [2.05, 4.69) is 12.2 Å². The third kappa shape index (κ3) is 2.59. The molecule has 0 bridgehead atoms. The van der Waals surface area contributed by atoms with Gasteiger partial charge in [0.15, 0.2) is 0 Å². The average molecular weight is 185 g/mol. The maximum atomic E-state index is 9.07. The van der Waals surface area contributed by atoms with Crippen LogP contribution in [0.3, 0.4) is 0 Å². The van der Waals surface area contributed by atoms with Gasteiger partial charge in [0.1, 0.15) is 0 Å². The average Bonchev–Trinajstić information content (AvgIpc) is 2.59. The molecule has 0 aliphatic heterocycles. The maximum absolute atomic E-state index is 9.07. The molecule has 0 spiro atoms. The van der Waals surface area contributed by atoms with E-state index >= 15 is 0 Å². The first-order valence-corrected chi connectivity index (χ1v) is 5.14. The van der Waals surface area contributed by atoms with Crippen molar-refractivity contribution in [2.45, 2.75) is 19.4 Å². The van der Waals surface area contributed by atoms with E-state index in [0.29, 0.717) is 0 Å². The minimum Gasteiger partial charge on any atom is -0.394 e. The van der Waals surface area contributed by atoms with Gasteiger partial charge in [0, 0.05) is 4.88 Å². The molecule has 3 heteroatoms. The van der Waals surface area contributed by atoms with E-state index in [9.17, 15) is 0 Å². The molecular weight excluding hydrogens is 170 g/mol. The van der Waals surface area contributed by atoms with Crippen molar-refractivity contribution in [1.29, 1.82) is 0 Å². The van der Waals surface area contributed by atoms with Crippen molar-refractivity contribution in [2.75, 3.05) is 13.2 Å². The number of nitrogens with one attached hydrogen (secondary N) is 1. The highest BCUT2D eigenvalue weighted by Gasteiger charge is 2.08. The summed E-state index contributed by atoms with van der Waals surface area (Å²) in [6, 6.07) is 4.19. The highest BCUT2D eigenvalue weighted by Crippen LogP contribution is 2.17. The number of hydrogen-bond donors (Lipinski definition) is 2. The van der Waals surface area contributed by atoms with Crippen LogP contribution in [-0.2, 0) is 0 Å². The fraction of sp³-hybridized carbons (Fsp3) is 0.556. The van der Waals surface area contributed by atoms with E-state index in [1.54, 1.807) is 11.3 Å². The summed E-state index contributed by atoms with van der Waals surface area (Å²) in [6.45, 7) is 3.26. The van der Waals surface area contributed by atoms with Gasteiger partial charge in [-0.2, -0.15) is 0 Å². The molecule has 0 aromatic carbocycles. The van der Waals surface area contributed by atoms with E-state index in [1.165, 1.54) is 4.88 Å². The summed E-state index contributed by atoms with van der Waals surface area (Å²) in [5.74, 6) is 0. The zero-order chi connectivity index (χ0) is 8.81. The summed E-state index contributed by atoms with van der Waals surface area (Å²) < 4.78 is 0. The van der Waals surface area contributed by atoms with Crippen molar-refractivity contribution in [3.8, 4) is 0 Å². The van der Waals surface area contributed by atoms with Crippen molar-refractivity contribution in [3.05, 3.63) is 22.4 Å². The smallest absolute Gasteiger partial charge is 0.0649 e. The topological polar surface area (TPSA) is 32.3 Å². The summed E-state index contributed by atoms with van der Waals surface area (Å²) in [4.78, 5) is 1.21. The zero-order valence-electron chi connectivity index (χ0n) is 7.29. The van der Waals surface area contributed by atoms with E-state index < -0.39 is 0 Å². The molecule has 12 heavy (non-hydrogen) atoms. The maximum Gasteiger partial charge on any atom is 0.0649 e. The molecule has 1 rings (SSSR count). The summed E-state index contributed by atoms with van der Waals surface area (Å²) >= 11 is 1.68. The quantitative estimate of drug-likeness (QED) is 0.733. The Morgan fingerprint density at radius 3 is 3.00 bits per heavy atom.